The number of halogens is 4. The molecule has 4 amide bonds. The first-order valence-electron chi connectivity index (χ1n) is 9.00. The summed E-state index contributed by atoms with van der Waals surface area (Å²) in [6.07, 6.45) is -1.16. The fraction of sp³-hybridized carbons (Fsp3) is 0.136. The smallest absolute Gasteiger partial charge is 0.273 e. The molecule has 1 heterocycles. The van der Waals surface area contributed by atoms with Crippen LogP contribution in [0.15, 0.2) is 61.0 Å². The van der Waals surface area contributed by atoms with Crippen molar-refractivity contribution in [1.82, 2.24) is 9.80 Å². The molecule has 1 aliphatic heterocycles. The quantitative estimate of drug-likeness (QED) is 0.507. The van der Waals surface area contributed by atoms with Crippen LogP contribution in [0.5, 0.6) is 0 Å². The highest BCUT2D eigenvalue weighted by Gasteiger charge is 2.40. The summed E-state index contributed by atoms with van der Waals surface area (Å²) in [5, 5.41) is 0. The van der Waals surface area contributed by atoms with Gasteiger partial charge in [-0.05, 0) is 35.4 Å². The van der Waals surface area contributed by atoms with Gasteiger partial charge in [0, 0.05) is 36.4 Å². The van der Waals surface area contributed by atoms with E-state index in [1.165, 1.54) is 0 Å². The Balaban J connectivity index is 1.82. The van der Waals surface area contributed by atoms with Crippen molar-refractivity contribution in [2.45, 2.75) is 19.3 Å². The lowest BCUT2D eigenvalue weighted by Crippen LogP contribution is -2.54. The summed E-state index contributed by atoms with van der Waals surface area (Å²) in [6.45, 7) is 7.26. The van der Waals surface area contributed by atoms with Gasteiger partial charge in [0.2, 0.25) is 11.8 Å². The first-order valence-corrected chi connectivity index (χ1v) is 9.00. The molecular weight excluding hydrogens is 416 g/mol. The minimum atomic E-state index is -1.08. The summed E-state index contributed by atoms with van der Waals surface area (Å²) in [5.74, 6) is -5.09. The van der Waals surface area contributed by atoms with Crippen LogP contribution in [0.25, 0.3) is 0 Å². The molecule has 0 spiro atoms. The van der Waals surface area contributed by atoms with E-state index >= 15 is 0 Å². The van der Waals surface area contributed by atoms with Gasteiger partial charge in [0.25, 0.3) is 0 Å². The van der Waals surface area contributed by atoms with Crippen molar-refractivity contribution in [3.8, 4) is 0 Å². The van der Waals surface area contributed by atoms with Crippen LogP contribution < -0.4 is 0 Å². The Morgan fingerprint density at radius 1 is 0.677 bits per heavy atom. The fourth-order valence-electron chi connectivity index (χ4n) is 3.28. The van der Waals surface area contributed by atoms with Gasteiger partial charge in [-0.15, -0.1) is 0 Å². The zero-order valence-electron chi connectivity index (χ0n) is 16.1. The van der Waals surface area contributed by atoms with E-state index in [0.717, 1.165) is 24.3 Å². The number of carbonyl (C=O) groups is 3. The zero-order valence-corrected chi connectivity index (χ0v) is 16.1. The Morgan fingerprint density at radius 3 is 1.32 bits per heavy atom. The van der Waals surface area contributed by atoms with Gasteiger partial charge in [-0.25, -0.2) is 32.2 Å². The van der Waals surface area contributed by atoms with Gasteiger partial charge in [-0.2, -0.15) is 0 Å². The van der Waals surface area contributed by atoms with Gasteiger partial charge in [-0.1, -0.05) is 13.2 Å². The van der Waals surface area contributed by atoms with E-state index in [4.69, 9.17) is 0 Å². The predicted octanol–water partition coefficient (Wildman–Crippen LogP) is 4.24. The van der Waals surface area contributed by atoms with Crippen LogP contribution in [0.4, 0.5) is 22.4 Å². The molecule has 0 unspecified atom stereocenters. The van der Waals surface area contributed by atoms with Crippen molar-refractivity contribution in [1.29, 1.82) is 0 Å². The standard InChI is InChI=1S/C22H16F4N2O3/c1-12(3-14-5-16(23)9-17(24)6-14)27-20(29)11-21(30)28(22(27)31)13(2)4-15-7-18(25)10-19(26)8-15/h5-10H,1-4,11H2. The van der Waals surface area contributed by atoms with Crippen LogP contribution in [-0.2, 0) is 22.4 Å². The summed E-state index contributed by atoms with van der Waals surface area (Å²) in [4.78, 5) is 38.8. The highest BCUT2D eigenvalue weighted by molar-refractivity contribution is 6.16. The normalized spacial score (nSPS) is 14.3. The molecule has 160 valence electrons. The third-order valence-electron chi connectivity index (χ3n) is 4.48. The molecule has 5 nitrogen and oxygen atoms in total. The Bertz CT molecular complexity index is 1000. The first-order chi connectivity index (χ1) is 14.5. The van der Waals surface area contributed by atoms with Crippen LogP contribution in [-0.4, -0.2) is 27.6 Å². The molecule has 0 aromatic heterocycles. The van der Waals surface area contributed by atoms with Crippen molar-refractivity contribution in [3.05, 3.63) is 95.3 Å². The second kappa shape index (κ2) is 8.55. The van der Waals surface area contributed by atoms with Crippen molar-refractivity contribution in [3.63, 3.8) is 0 Å². The maximum absolute atomic E-state index is 13.4. The molecule has 0 radical (unpaired) electrons. The fourth-order valence-corrected chi connectivity index (χ4v) is 3.28. The molecular formula is C22H16F4N2O3. The summed E-state index contributed by atoms with van der Waals surface area (Å²) in [7, 11) is 0. The highest BCUT2D eigenvalue weighted by atomic mass is 19.1. The van der Waals surface area contributed by atoms with E-state index in [1.807, 2.05) is 0 Å². The topological polar surface area (TPSA) is 57.7 Å². The van der Waals surface area contributed by atoms with Gasteiger partial charge in [-0.3, -0.25) is 9.59 Å². The van der Waals surface area contributed by atoms with E-state index in [1.54, 1.807) is 0 Å². The lowest BCUT2D eigenvalue weighted by atomic mass is 10.1. The van der Waals surface area contributed by atoms with Crippen LogP contribution >= 0.6 is 0 Å². The van der Waals surface area contributed by atoms with E-state index in [0.29, 0.717) is 21.9 Å². The molecule has 9 heteroatoms. The number of benzene rings is 2. The van der Waals surface area contributed by atoms with E-state index in [-0.39, 0.29) is 35.4 Å². The van der Waals surface area contributed by atoms with Crippen molar-refractivity contribution in [2.75, 3.05) is 0 Å². The molecule has 3 rings (SSSR count). The van der Waals surface area contributed by atoms with Crippen molar-refractivity contribution >= 4 is 17.8 Å². The second-order valence-electron chi connectivity index (χ2n) is 6.96. The number of hydrogen-bond donors (Lipinski definition) is 0. The number of carbonyl (C=O) groups excluding carboxylic acids is 3. The van der Waals surface area contributed by atoms with Crippen molar-refractivity contribution < 1.29 is 31.9 Å². The molecule has 1 aliphatic rings. The molecule has 31 heavy (non-hydrogen) atoms. The predicted molar refractivity (Wildman–Crippen MR) is 102 cm³/mol. The first kappa shape index (κ1) is 21.9. The minimum absolute atomic E-state index is 0.109. The largest absolute Gasteiger partial charge is 0.342 e. The lowest BCUT2D eigenvalue weighted by Gasteiger charge is -2.34. The molecule has 0 saturated carbocycles. The number of rotatable bonds is 6. The van der Waals surface area contributed by atoms with E-state index in [9.17, 15) is 31.9 Å². The number of urea groups is 1. The van der Waals surface area contributed by atoms with Crippen LogP contribution in [0.2, 0.25) is 0 Å². The van der Waals surface area contributed by atoms with Gasteiger partial charge in [0.05, 0.1) is 0 Å². The monoisotopic (exact) mass is 432 g/mol. The van der Waals surface area contributed by atoms with Gasteiger partial charge >= 0.3 is 6.03 Å². The maximum atomic E-state index is 13.4. The molecule has 1 saturated heterocycles. The SMILES string of the molecule is C=C(Cc1cc(F)cc(F)c1)N1C(=O)CC(=O)N(C(=C)Cc2cc(F)cc(F)c2)C1=O. The maximum Gasteiger partial charge on any atom is 0.342 e. The Labute approximate surface area is 174 Å². The molecule has 2 aromatic carbocycles. The summed E-state index contributed by atoms with van der Waals surface area (Å²) in [5.41, 5.74) is 0.0328. The summed E-state index contributed by atoms with van der Waals surface area (Å²) < 4.78 is 53.7. The molecule has 2 aromatic rings. The third-order valence-corrected chi connectivity index (χ3v) is 4.48. The van der Waals surface area contributed by atoms with Crippen LogP contribution in [0.3, 0.4) is 0 Å². The summed E-state index contributed by atoms with van der Waals surface area (Å²) >= 11 is 0. The van der Waals surface area contributed by atoms with Gasteiger partial charge < -0.3 is 0 Å². The number of nitrogens with zero attached hydrogens (tertiary/aromatic N) is 2. The zero-order chi connectivity index (χ0) is 22.9. The number of imide groups is 2. The lowest BCUT2D eigenvalue weighted by molar-refractivity contribution is -0.140. The van der Waals surface area contributed by atoms with Gasteiger partial charge in [0.1, 0.15) is 29.7 Å². The van der Waals surface area contributed by atoms with E-state index < -0.39 is 47.5 Å². The van der Waals surface area contributed by atoms with Crippen molar-refractivity contribution in [2.24, 2.45) is 0 Å². The van der Waals surface area contributed by atoms with Gasteiger partial charge in [0.15, 0.2) is 0 Å². The second-order valence-corrected chi connectivity index (χ2v) is 6.96. The number of hydrogen-bond acceptors (Lipinski definition) is 3. The summed E-state index contributed by atoms with van der Waals surface area (Å²) in [6, 6.07) is 4.35. The minimum Gasteiger partial charge on any atom is -0.273 e. The molecule has 0 atom stereocenters. The van der Waals surface area contributed by atoms with E-state index in [2.05, 4.69) is 13.2 Å². The number of amides is 4. The van der Waals surface area contributed by atoms with Crippen LogP contribution in [0.1, 0.15) is 17.5 Å². The average Bonchev–Trinajstić information content (AvgIpc) is 2.59. The Kier molecular flexibility index (Phi) is 6.05. The third kappa shape index (κ3) is 4.88. The average molecular weight is 432 g/mol. The number of allylic oxidation sites excluding steroid dienone is 2. The molecule has 0 aliphatic carbocycles. The number of barbiturate groups is 1. The molecule has 0 bridgehead atoms. The highest BCUT2D eigenvalue weighted by Crippen LogP contribution is 2.25. The Morgan fingerprint density at radius 2 is 1.00 bits per heavy atom. The van der Waals surface area contributed by atoms with Crippen LogP contribution in [0, 0.1) is 23.3 Å². The Hall–Kier alpha value is -3.75. The molecule has 0 N–H and O–H groups in total. The molecule has 1 fully saturated rings.